The summed E-state index contributed by atoms with van der Waals surface area (Å²) < 4.78 is 27.4. The maximum atomic E-state index is 12.3. The zero-order chi connectivity index (χ0) is 13.4. The summed E-state index contributed by atoms with van der Waals surface area (Å²) in [6.07, 6.45) is 4.56. The van der Waals surface area contributed by atoms with Crippen molar-refractivity contribution >= 4 is 38.6 Å². The lowest BCUT2D eigenvalue weighted by Gasteiger charge is -2.28. The monoisotopic (exact) mass is 305 g/mol. The Bertz CT molecular complexity index is 559. The summed E-state index contributed by atoms with van der Waals surface area (Å²) in [5.74, 6) is 0. The molecule has 1 aliphatic carbocycles. The molecule has 0 spiro atoms. The van der Waals surface area contributed by atoms with Gasteiger partial charge in [-0.2, -0.15) is 4.72 Å². The summed E-state index contributed by atoms with van der Waals surface area (Å²) in [6, 6.07) is 0. The Balaban J connectivity index is 2.29. The van der Waals surface area contributed by atoms with Crippen LogP contribution in [-0.4, -0.2) is 23.9 Å². The quantitative estimate of drug-likeness (QED) is 0.820. The fourth-order valence-corrected chi connectivity index (χ4v) is 5.02. The third-order valence-corrected chi connectivity index (χ3v) is 6.42. The summed E-state index contributed by atoms with van der Waals surface area (Å²) in [4.78, 5) is 4.19. The van der Waals surface area contributed by atoms with Crippen LogP contribution in [0.3, 0.4) is 0 Å². The van der Waals surface area contributed by atoms with Crippen LogP contribution in [0.5, 0.6) is 0 Å². The molecule has 18 heavy (non-hydrogen) atoms. The van der Waals surface area contributed by atoms with Gasteiger partial charge in [-0.05, 0) is 19.8 Å². The van der Waals surface area contributed by atoms with Crippen molar-refractivity contribution in [2.45, 2.75) is 42.4 Å². The molecule has 1 saturated carbocycles. The summed E-state index contributed by atoms with van der Waals surface area (Å²) in [5, 5.41) is 0.714. The fourth-order valence-electron chi connectivity index (χ4n) is 2.15. The van der Waals surface area contributed by atoms with Gasteiger partial charge in [-0.15, -0.1) is 11.3 Å². The van der Waals surface area contributed by atoms with Crippen molar-refractivity contribution < 1.29 is 8.42 Å². The van der Waals surface area contributed by atoms with Crippen LogP contribution in [0.2, 0.25) is 0 Å². The van der Waals surface area contributed by atoms with Crippen molar-refractivity contribution in [2.75, 3.05) is 0 Å². The molecule has 0 amide bonds. The van der Waals surface area contributed by atoms with E-state index < -0.39 is 15.6 Å². The second-order valence-electron chi connectivity index (χ2n) is 4.46. The smallest absolute Gasteiger partial charge is 0.252 e. The standard InChI is InChI=1S/C10H15N3O2S3/c1-7-12-6-8(17-7)18(14,15)13-10(9(11)16)4-2-3-5-10/h6,13H,2-5H2,1H3,(H2,11,16). The van der Waals surface area contributed by atoms with Gasteiger partial charge in [0.1, 0.15) is 0 Å². The Hall–Kier alpha value is -0.570. The minimum absolute atomic E-state index is 0.211. The van der Waals surface area contributed by atoms with Gasteiger partial charge in [-0.1, -0.05) is 25.1 Å². The Morgan fingerprint density at radius 1 is 1.56 bits per heavy atom. The summed E-state index contributed by atoms with van der Waals surface area (Å²) >= 11 is 6.17. The van der Waals surface area contributed by atoms with Gasteiger partial charge in [-0.25, -0.2) is 13.4 Å². The van der Waals surface area contributed by atoms with Gasteiger partial charge < -0.3 is 5.73 Å². The molecule has 5 nitrogen and oxygen atoms in total. The van der Waals surface area contributed by atoms with Crippen LogP contribution >= 0.6 is 23.6 Å². The van der Waals surface area contributed by atoms with E-state index in [0.29, 0.717) is 17.8 Å². The van der Waals surface area contributed by atoms with E-state index in [9.17, 15) is 8.42 Å². The number of nitrogens with two attached hydrogens (primary N) is 1. The minimum atomic E-state index is -3.59. The second kappa shape index (κ2) is 4.84. The molecule has 1 fully saturated rings. The van der Waals surface area contributed by atoms with Gasteiger partial charge in [0.05, 0.1) is 21.7 Å². The fraction of sp³-hybridized carbons (Fsp3) is 0.600. The summed E-state index contributed by atoms with van der Waals surface area (Å²) in [7, 11) is -3.59. The van der Waals surface area contributed by atoms with Gasteiger partial charge in [-0.3, -0.25) is 0 Å². The first-order valence-electron chi connectivity index (χ1n) is 5.62. The SMILES string of the molecule is Cc1ncc(S(=O)(=O)NC2(C(N)=S)CCCC2)s1. The first-order chi connectivity index (χ1) is 8.36. The zero-order valence-corrected chi connectivity index (χ0v) is 12.4. The normalized spacial score (nSPS) is 18.9. The van der Waals surface area contributed by atoms with E-state index in [-0.39, 0.29) is 9.20 Å². The van der Waals surface area contributed by atoms with E-state index in [1.54, 1.807) is 6.92 Å². The molecule has 1 aromatic heterocycles. The molecule has 0 bridgehead atoms. The second-order valence-corrected chi connectivity index (χ2v) is 8.04. The molecule has 0 atom stereocenters. The van der Waals surface area contributed by atoms with Crippen molar-refractivity contribution in [3.05, 3.63) is 11.2 Å². The van der Waals surface area contributed by atoms with Gasteiger partial charge in [0.2, 0.25) is 0 Å². The van der Waals surface area contributed by atoms with Crippen LogP contribution in [0.25, 0.3) is 0 Å². The molecule has 0 saturated heterocycles. The highest BCUT2D eigenvalue weighted by Gasteiger charge is 2.41. The van der Waals surface area contributed by atoms with E-state index in [1.165, 1.54) is 6.20 Å². The van der Waals surface area contributed by atoms with Crippen LogP contribution in [0.1, 0.15) is 30.7 Å². The Morgan fingerprint density at radius 2 is 2.17 bits per heavy atom. The summed E-state index contributed by atoms with van der Waals surface area (Å²) in [6.45, 7) is 1.77. The van der Waals surface area contributed by atoms with E-state index in [0.717, 1.165) is 24.2 Å². The van der Waals surface area contributed by atoms with Gasteiger partial charge in [0, 0.05) is 0 Å². The molecule has 0 unspecified atom stereocenters. The first kappa shape index (κ1) is 13.9. The number of thiazole rings is 1. The summed E-state index contributed by atoms with van der Waals surface area (Å²) in [5.41, 5.74) is 4.96. The van der Waals surface area contributed by atoms with Crippen molar-refractivity contribution in [1.29, 1.82) is 0 Å². The average Bonchev–Trinajstić information content (AvgIpc) is 2.87. The number of aryl methyl sites for hydroxylation is 1. The number of nitrogens with zero attached hydrogens (tertiary/aromatic N) is 1. The van der Waals surface area contributed by atoms with Crippen molar-refractivity contribution in [2.24, 2.45) is 5.73 Å². The highest BCUT2D eigenvalue weighted by molar-refractivity contribution is 7.91. The highest BCUT2D eigenvalue weighted by atomic mass is 32.2. The van der Waals surface area contributed by atoms with Crippen LogP contribution in [0.15, 0.2) is 10.4 Å². The molecule has 1 heterocycles. The first-order valence-corrected chi connectivity index (χ1v) is 8.33. The molecule has 0 aliphatic heterocycles. The minimum Gasteiger partial charge on any atom is -0.392 e. The lowest BCUT2D eigenvalue weighted by molar-refractivity contribution is 0.504. The number of thiocarbonyl (C=S) groups is 1. The Morgan fingerprint density at radius 3 is 2.61 bits per heavy atom. The van der Waals surface area contributed by atoms with Crippen LogP contribution < -0.4 is 10.5 Å². The lowest BCUT2D eigenvalue weighted by Crippen LogP contribution is -2.54. The molecule has 1 aliphatic rings. The van der Waals surface area contributed by atoms with Gasteiger partial charge >= 0.3 is 0 Å². The van der Waals surface area contributed by atoms with Crippen LogP contribution in [0.4, 0.5) is 0 Å². The van der Waals surface area contributed by atoms with Crippen molar-refractivity contribution in [3.8, 4) is 0 Å². The number of sulfonamides is 1. The van der Waals surface area contributed by atoms with E-state index in [4.69, 9.17) is 18.0 Å². The van der Waals surface area contributed by atoms with E-state index in [1.807, 2.05) is 0 Å². The van der Waals surface area contributed by atoms with Gasteiger partial charge in [0.25, 0.3) is 10.0 Å². The number of aromatic nitrogens is 1. The predicted octanol–water partition coefficient (Wildman–Crippen LogP) is 1.33. The number of hydrogen-bond acceptors (Lipinski definition) is 5. The lowest BCUT2D eigenvalue weighted by atomic mass is 10.00. The molecular formula is C10H15N3O2S3. The van der Waals surface area contributed by atoms with Crippen LogP contribution in [-0.2, 0) is 10.0 Å². The molecule has 2 rings (SSSR count). The van der Waals surface area contributed by atoms with Crippen LogP contribution in [0, 0.1) is 6.92 Å². The number of rotatable bonds is 4. The molecule has 100 valence electrons. The van der Waals surface area contributed by atoms with E-state index in [2.05, 4.69) is 9.71 Å². The zero-order valence-electron chi connectivity index (χ0n) is 9.97. The largest absolute Gasteiger partial charge is 0.392 e. The molecule has 0 aromatic carbocycles. The van der Waals surface area contributed by atoms with Crippen molar-refractivity contribution in [1.82, 2.24) is 9.71 Å². The average molecular weight is 305 g/mol. The highest BCUT2D eigenvalue weighted by Crippen LogP contribution is 2.32. The van der Waals surface area contributed by atoms with E-state index >= 15 is 0 Å². The topological polar surface area (TPSA) is 85.1 Å². The molecule has 8 heteroatoms. The Labute approximate surface area is 116 Å². The third-order valence-electron chi connectivity index (χ3n) is 3.12. The Kier molecular flexibility index (Phi) is 3.72. The third kappa shape index (κ3) is 2.56. The van der Waals surface area contributed by atoms with Crippen molar-refractivity contribution in [3.63, 3.8) is 0 Å². The molecule has 1 aromatic rings. The number of hydrogen-bond donors (Lipinski definition) is 2. The predicted molar refractivity (Wildman–Crippen MR) is 75.2 cm³/mol. The maximum absolute atomic E-state index is 12.3. The molecule has 3 N–H and O–H groups in total. The van der Waals surface area contributed by atoms with Gasteiger partial charge in [0.15, 0.2) is 4.21 Å². The number of nitrogens with one attached hydrogen (secondary N) is 1. The molecule has 0 radical (unpaired) electrons. The molecular weight excluding hydrogens is 290 g/mol. The maximum Gasteiger partial charge on any atom is 0.252 e.